The number of hydrogen-bond acceptors (Lipinski definition) is 3. The van der Waals surface area contributed by atoms with Crippen LogP contribution in [0.4, 0.5) is 13.2 Å². The fourth-order valence-corrected chi connectivity index (χ4v) is 1.56. The third kappa shape index (κ3) is 4.52. The SMILES string of the molecule is Oc1ccc(/C=N/OCc2ccc(C(F)(F)F)cc2)cc1. The first-order chi connectivity index (χ1) is 9.95. The summed E-state index contributed by atoms with van der Waals surface area (Å²) in [5.41, 5.74) is 0.630. The summed E-state index contributed by atoms with van der Waals surface area (Å²) in [5, 5.41) is 12.8. The summed E-state index contributed by atoms with van der Waals surface area (Å²) in [6.07, 6.45) is -2.89. The van der Waals surface area contributed by atoms with E-state index < -0.39 is 11.7 Å². The first-order valence-corrected chi connectivity index (χ1v) is 6.05. The van der Waals surface area contributed by atoms with Gasteiger partial charge in [0.25, 0.3) is 0 Å². The van der Waals surface area contributed by atoms with Crippen molar-refractivity contribution in [2.24, 2.45) is 5.16 Å². The topological polar surface area (TPSA) is 41.8 Å². The maximum atomic E-state index is 12.4. The predicted octanol–water partition coefficient (Wildman–Crippen LogP) is 3.96. The number of benzene rings is 2. The molecule has 0 aliphatic rings. The van der Waals surface area contributed by atoms with E-state index in [1.807, 2.05) is 0 Å². The molecule has 0 amide bonds. The number of phenols is 1. The highest BCUT2D eigenvalue weighted by molar-refractivity contribution is 5.79. The summed E-state index contributed by atoms with van der Waals surface area (Å²) in [5.74, 6) is 0.151. The van der Waals surface area contributed by atoms with E-state index in [1.54, 1.807) is 12.1 Å². The van der Waals surface area contributed by atoms with Gasteiger partial charge in [-0.05, 0) is 47.5 Å². The van der Waals surface area contributed by atoms with Crippen molar-refractivity contribution in [1.82, 2.24) is 0 Å². The number of nitrogens with zero attached hydrogens (tertiary/aromatic N) is 1. The Bertz CT molecular complexity index is 604. The van der Waals surface area contributed by atoms with Crippen LogP contribution in [0.5, 0.6) is 5.75 Å². The smallest absolute Gasteiger partial charge is 0.416 e. The molecule has 0 fully saturated rings. The molecule has 0 aliphatic carbocycles. The second kappa shape index (κ2) is 6.30. The summed E-state index contributed by atoms with van der Waals surface area (Å²) >= 11 is 0. The molecule has 1 N–H and O–H groups in total. The Morgan fingerprint density at radius 1 is 1.00 bits per heavy atom. The first kappa shape index (κ1) is 14.9. The van der Waals surface area contributed by atoms with Crippen molar-refractivity contribution < 1.29 is 23.1 Å². The minimum atomic E-state index is -4.34. The lowest BCUT2D eigenvalue weighted by molar-refractivity contribution is -0.137. The van der Waals surface area contributed by atoms with Crippen LogP contribution in [0.1, 0.15) is 16.7 Å². The van der Waals surface area contributed by atoms with Crippen LogP contribution in [-0.2, 0) is 17.6 Å². The van der Waals surface area contributed by atoms with Crippen LogP contribution >= 0.6 is 0 Å². The molecule has 0 aliphatic heterocycles. The van der Waals surface area contributed by atoms with E-state index in [1.165, 1.54) is 30.5 Å². The van der Waals surface area contributed by atoms with Crippen molar-refractivity contribution in [3.8, 4) is 5.75 Å². The van der Waals surface area contributed by atoms with Crippen molar-refractivity contribution in [3.05, 3.63) is 65.2 Å². The zero-order valence-electron chi connectivity index (χ0n) is 10.8. The molecular weight excluding hydrogens is 283 g/mol. The van der Waals surface area contributed by atoms with Gasteiger partial charge < -0.3 is 9.94 Å². The molecule has 0 spiro atoms. The standard InChI is InChI=1S/C15H12F3NO2/c16-15(17,18)13-5-1-12(2-6-13)10-21-19-9-11-3-7-14(20)8-4-11/h1-9,20H,10H2/b19-9+. The van der Waals surface area contributed by atoms with Crippen molar-refractivity contribution >= 4 is 6.21 Å². The van der Waals surface area contributed by atoms with Crippen LogP contribution in [0.2, 0.25) is 0 Å². The van der Waals surface area contributed by atoms with Crippen molar-refractivity contribution in [1.29, 1.82) is 0 Å². The summed E-state index contributed by atoms with van der Waals surface area (Å²) in [7, 11) is 0. The molecule has 0 aromatic heterocycles. The van der Waals surface area contributed by atoms with Gasteiger partial charge in [-0.15, -0.1) is 0 Å². The van der Waals surface area contributed by atoms with Gasteiger partial charge in [-0.2, -0.15) is 13.2 Å². The number of halogens is 3. The molecule has 0 radical (unpaired) electrons. The van der Waals surface area contributed by atoms with Gasteiger partial charge in [-0.1, -0.05) is 17.3 Å². The minimum absolute atomic E-state index is 0.0761. The molecule has 2 aromatic carbocycles. The average Bonchev–Trinajstić information content (AvgIpc) is 2.45. The molecule has 3 nitrogen and oxygen atoms in total. The molecule has 0 heterocycles. The Labute approximate surface area is 119 Å². The molecule has 21 heavy (non-hydrogen) atoms. The number of rotatable bonds is 4. The predicted molar refractivity (Wildman–Crippen MR) is 71.9 cm³/mol. The van der Waals surface area contributed by atoms with Gasteiger partial charge in [-0.3, -0.25) is 0 Å². The van der Waals surface area contributed by atoms with Crippen molar-refractivity contribution in [3.63, 3.8) is 0 Å². The molecule has 0 saturated heterocycles. The second-order valence-electron chi connectivity index (χ2n) is 4.29. The average molecular weight is 295 g/mol. The maximum Gasteiger partial charge on any atom is 0.416 e. The van der Waals surface area contributed by atoms with Crippen molar-refractivity contribution in [2.45, 2.75) is 12.8 Å². The van der Waals surface area contributed by atoms with Gasteiger partial charge in [0.1, 0.15) is 12.4 Å². The molecule has 0 bridgehead atoms. The van der Waals surface area contributed by atoms with E-state index in [0.717, 1.165) is 17.7 Å². The van der Waals surface area contributed by atoms with Crippen LogP contribution < -0.4 is 0 Å². The molecule has 2 aromatic rings. The third-order valence-electron chi connectivity index (χ3n) is 2.68. The van der Waals surface area contributed by atoms with Gasteiger partial charge in [0.05, 0.1) is 11.8 Å². The monoisotopic (exact) mass is 295 g/mol. The lowest BCUT2D eigenvalue weighted by Gasteiger charge is -2.06. The zero-order chi connectivity index (χ0) is 15.3. The quantitative estimate of drug-likeness (QED) is 0.685. The number of phenolic OH excluding ortho intramolecular Hbond substituents is 1. The number of oxime groups is 1. The van der Waals surface area contributed by atoms with E-state index in [-0.39, 0.29) is 12.4 Å². The van der Waals surface area contributed by atoms with Crippen LogP contribution in [0.15, 0.2) is 53.7 Å². The minimum Gasteiger partial charge on any atom is -0.508 e. The van der Waals surface area contributed by atoms with Gasteiger partial charge in [0.2, 0.25) is 0 Å². The molecule has 0 unspecified atom stereocenters. The molecule has 6 heteroatoms. The second-order valence-corrected chi connectivity index (χ2v) is 4.29. The fourth-order valence-electron chi connectivity index (χ4n) is 1.56. The molecule has 2 rings (SSSR count). The van der Waals surface area contributed by atoms with Crippen molar-refractivity contribution in [2.75, 3.05) is 0 Å². The Kier molecular flexibility index (Phi) is 4.47. The Balaban J connectivity index is 1.87. The third-order valence-corrected chi connectivity index (χ3v) is 2.68. The summed E-state index contributed by atoms with van der Waals surface area (Å²) < 4.78 is 37.1. The van der Waals surface area contributed by atoms with E-state index in [9.17, 15) is 13.2 Å². The normalized spacial score (nSPS) is 11.8. The fraction of sp³-hybridized carbons (Fsp3) is 0.133. The summed E-state index contributed by atoms with van der Waals surface area (Å²) in [4.78, 5) is 5.01. The van der Waals surface area contributed by atoms with Gasteiger partial charge >= 0.3 is 6.18 Å². The highest BCUT2D eigenvalue weighted by atomic mass is 19.4. The summed E-state index contributed by atoms with van der Waals surface area (Å²) in [6, 6.07) is 11.0. The van der Waals surface area contributed by atoms with E-state index in [0.29, 0.717) is 5.56 Å². The molecule has 110 valence electrons. The number of hydrogen-bond donors (Lipinski definition) is 1. The molecular formula is C15H12F3NO2. The summed E-state index contributed by atoms with van der Waals surface area (Å²) in [6.45, 7) is 0.0761. The van der Waals surface area contributed by atoms with E-state index in [4.69, 9.17) is 9.94 Å². The molecule has 0 atom stereocenters. The van der Waals surface area contributed by atoms with E-state index >= 15 is 0 Å². The maximum absolute atomic E-state index is 12.4. The highest BCUT2D eigenvalue weighted by Gasteiger charge is 2.29. The van der Waals surface area contributed by atoms with Crippen LogP contribution in [0.3, 0.4) is 0 Å². The van der Waals surface area contributed by atoms with Gasteiger partial charge in [0.15, 0.2) is 0 Å². The number of aromatic hydroxyl groups is 1. The number of alkyl halides is 3. The highest BCUT2D eigenvalue weighted by Crippen LogP contribution is 2.29. The van der Waals surface area contributed by atoms with Crippen LogP contribution in [0.25, 0.3) is 0 Å². The largest absolute Gasteiger partial charge is 0.508 e. The van der Waals surface area contributed by atoms with Gasteiger partial charge in [-0.25, -0.2) is 0 Å². The Morgan fingerprint density at radius 3 is 2.19 bits per heavy atom. The molecule has 0 saturated carbocycles. The first-order valence-electron chi connectivity index (χ1n) is 6.05. The lowest BCUT2D eigenvalue weighted by atomic mass is 10.1. The Hall–Kier alpha value is -2.50. The van der Waals surface area contributed by atoms with Crippen LogP contribution in [0, 0.1) is 0 Å². The van der Waals surface area contributed by atoms with Crippen LogP contribution in [-0.4, -0.2) is 11.3 Å². The Morgan fingerprint density at radius 2 is 1.62 bits per heavy atom. The lowest BCUT2D eigenvalue weighted by Crippen LogP contribution is -2.04. The van der Waals surface area contributed by atoms with Gasteiger partial charge in [0, 0.05) is 0 Å². The van der Waals surface area contributed by atoms with E-state index in [2.05, 4.69) is 5.16 Å². The zero-order valence-corrected chi connectivity index (χ0v) is 10.8.